The topological polar surface area (TPSA) is 119 Å². The van der Waals surface area contributed by atoms with Crippen LogP contribution in [0.3, 0.4) is 0 Å². The number of likely N-dealkylation sites (tertiary alicyclic amines) is 1. The first-order valence-corrected chi connectivity index (χ1v) is 12.3. The van der Waals surface area contributed by atoms with Gasteiger partial charge in [-0.1, -0.05) is 0 Å². The highest BCUT2D eigenvalue weighted by atomic mass is 32.2. The molecule has 0 radical (unpaired) electrons. The Morgan fingerprint density at radius 2 is 1.72 bits per heavy atom. The number of nitrogens with zero attached hydrogens (tertiary/aromatic N) is 4. The number of carbonyl (C=O) groups is 1. The molecule has 10 nitrogen and oxygen atoms in total. The molecule has 0 N–H and O–H groups in total. The lowest BCUT2D eigenvalue weighted by Gasteiger charge is -2.37. The molecule has 11 heteroatoms. The molecule has 1 aromatic rings. The molecule has 3 aliphatic heterocycles. The average molecular weight is 466 g/mol. The fourth-order valence-electron chi connectivity index (χ4n) is 5.01. The third kappa shape index (κ3) is 5.28. The van der Waals surface area contributed by atoms with Gasteiger partial charge in [0.1, 0.15) is 6.10 Å². The standard InChI is InChI=1S/C21H30N4O6S/c26-20-21(6-9-23(10-7-21)16-32(29)30)15-19(31-20)5-8-22-11-13-24(14-12-22)17-1-3-18(4-2-17)25(27)28/h1-4,19H,5-16H2,(H,29,30)/p-1/t19-/m1/s1. The average Bonchev–Trinajstić information content (AvgIpc) is 3.09. The zero-order valence-electron chi connectivity index (χ0n) is 18.0. The number of nitro benzene ring substituents is 1. The Bertz CT molecular complexity index is 850. The van der Waals surface area contributed by atoms with E-state index in [2.05, 4.69) is 9.80 Å². The minimum absolute atomic E-state index is 0.0282. The Labute approximate surface area is 189 Å². The Hall–Kier alpha value is -2.08. The molecule has 3 heterocycles. The van der Waals surface area contributed by atoms with Crippen LogP contribution in [0, 0.1) is 15.5 Å². The lowest BCUT2D eigenvalue weighted by Crippen LogP contribution is -2.47. The van der Waals surface area contributed by atoms with E-state index in [9.17, 15) is 23.7 Å². The lowest BCUT2D eigenvalue weighted by atomic mass is 9.76. The number of benzene rings is 1. The third-order valence-corrected chi connectivity index (χ3v) is 7.57. The van der Waals surface area contributed by atoms with E-state index >= 15 is 0 Å². The van der Waals surface area contributed by atoms with Crippen molar-refractivity contribution in [1.29, 1.82) is 0 Å². The number of non-ortho nitro benzene ring substituents is 1. The van der Waals surface area contributed by atoms with Gasteiger partial charge in [0.2, 0.25) is 0 Å². The van der Waals surface area contributed by atoms with Gasteiger partial charge >= 0.3 is 5.97 Å². The van der Waals surface area contributed by atoms with E-state index in [1.165, 1.54) is 12.1 Å². The van der Waals surface area contributed by atoms with Crippen LogP contribution in [0.15, 0.2) is 24.3 Å². The van der Waals surface area contributed by atoms with Gasteiger partial charge in [-0.05, 0) is 42.5 Å². The lowest BCUT2D eigenvalue weighted by molar-refractivity contribution is -0.384. The molecule has 2 atom stereocenters. The van der Waals surface area contributed by atoms with Crippen molar-refractivity contribution >= 4 is 28.4 Å². The number of piperazine rings is 1. The monoisotopic (exact) mass is 465 g/mol. The number of nitro groups is 1. The number of esters is 1. The smallest absolute Gasteiger partial charge is 0.312 e. The van der Waals surface area contributed by atoms with Gasteiger partial charge in [0.25, 0.3) is 5.69 Å². The number of anilines is 1. The summed E-state index contributed by atoms with van der Waals surface area (Å²) in [4.78, 5) is 29.5. The van der Waals surface area contributed by atoms with Gasteiger partial charge in [-0.15, -0.1) is 0 Å². The van der Waals surface area contributed by atoms with Crippen molar-refractivity contribution in [3.05, 3.63) is 34.4 Å². The fourth-order valence-corrected chi connectivity index (χ4v) is 5.56. The Kier molecular flexibility index (Phi) is 7.08. The number of ether oxygens (including phenoxy) is 1. The zero-order valence-corrected chi connectivity index (χ0v) is 18.8. The molecule has 32 heavy (non-hydrogen) atoms. The van der Waals surface area contributed by atoms with Crippen LogP contribution in [0.1, 0.15) is 25.7 Å². The van der Waals surface area contributed by atoms with Crippen LogP contribution in [0.2, 0.25) is 0 Å². The minimum Gasteiger partial charge on any atom is -0.771 e. The molecule has 0 amide bonds. The molecule has 1 unspecified atom stereocenters. The van der Waals surface area contributed by atoms with E-state index in [1.807, 2.05) is 4.90 Å². The van der Waals surface area contributed by atoms with Crippen LogP contribution < -0.4 is 4.90 Å². The minimum atomic E-state index is -2.09. The number of piperidine rings is 1. The second-order valence-electron chi connectivity index (χ2n) is 8.95. The normalized spacial score (nSPS) is 25.1. The molecule has 1 aromatic carbocycles. The summed E-state index contributed by atoms with van der Waals surface area (Å²) in [6.45, 7) is 5.57. The summed E-state index contributed by atoms with van der Waals surface area (Å²) in [5.74, 6) is -0.0891. The summed E-state index contributed by atoms with van der Waals surface area (Å²) in [7, 11) is 0. The molecular formula is C21H29N4O6S-. The quantitative estimate of drug-likeness (QED) is 0.254. The Balaban J connectivity index is 1.20. The van der Waals surface area contributed by atoms with E-state index in [0.717, 1.165) is 51.3 Å². The summed E-state index contributed by atoms with van der Waals surface area (Å²) in [6, 6.07) is 6.67. The highest BCUT2D eigenvalue weighted by molar-refractivity contribution is 7.79. The summed E-state index contributed by atoms with van der Waals surface area (Å²) in [5.41, 5.74) is 0.650. The SMILES string of the molecule is O=C1O[C@H](CCN2CCN(c3ccc([N+](=O)[O-])cc3)CC2)CC12CCN(CS(=O)[O-])CC2. The van der Waals surface area contributed by atoms with Gasteiger partial charge in [0, 0.05) is 70.1 Å². The summed E-state index contributed by atoms with van der Waals surface area (Å²) in [6.07, 6.45) is 2.78. The van der Waals surface area contributed by atoms with Crippen LogP contribution in [0.4, 0.5) is 11.4 Å². The van der Waals surface area contributed by atoms with E-state index in [4.69, 9.17) is 4.74 Å². The number of rotatable bonds is 7. The van der Waals surface area contributed by atoms with E-state index in [1.54, 1.807) is 12.1 Å². The number of hydrogen-bond acceptors (Lipinski definition) is 9. The maximum Gasteiger partial charge on any atom is 0.312 e. The van der Waals surface area contributed by atoms with Crippen molar-refractivity contribution in [1.82, 2.24) is 9.80 Å². The first kappa shape index (κ1) is 23.1. The maximum atomic E-state index is 12.6. The first-order valence-electron chi connectivity index (χ1n) is 11.1. The van der Waals surface area contributed by atoms with E-state index in [-0.39, 0.29) is 28.6 Å². The Morgan fingerprint density at radius 3 is 2.31 bits per heavy atom. The summed E-state index contributed by atoms with van der Waals surface area (Å²) < 4.78 is 27.5. The van der Waals surface area contributed by atoms with Gasteiger partial charge in [0.15, 0.2) is 0 Å². The zero-order chi connectivity index (χ0) is 22.7. The van der Waals surface area contributed by atoms with Crippen LogP contribution in [0.5, 0.6) is 0 Å². The van der Waals surface area contributed by atoms with Crippen molar-refractivity contribution in [3.8, 4) is 0 Å². The summed E-state index contributed by atoms with van der Waals surface area (Å²) in [5, 5.41) is 10.8. The second-order valence-corrected chi connectivity index (χ2v) is 9.82. The third-order valence-electron chi connectivity index (χ3n) is 6.99. The molecule has 0 aliphatic carbocycles. The first-order chi connectivity index (χ1) is 15.3. The molecule has 0 bridgehead atoms. The van der Waals surface area contributed by atoms with Gasteiger partial charge in [-0.2, -0.15) is 0 Å². The highest BCUT2D eigenvalue weighted by Gasteiger charge is 2.50. The molecule has 0 saturated carbocycles. The van der Waals surface area contributed by atoms with Gasteiger partial charge in [-0.3, -0.25) is 28.9 Å². The number of hydrogen-bond donors (Lipinski definition) is 0. The van der Waals surface area contributed by atoms with Crippen LogP contribution in [-0.4, -0.2) is 87.2 Å². The molecular weight excluding hydrogens is 436 g/mol. The molecule has 3 aliphatic rings. The van der Waals surface area contributed by atoms with Crippen molar-refractivity contribution in [2.45, 2.75) is 31.8 Å². The Morgan fingerprint density at radius 1 is 1.06 bits per heavy atom. The van der Waals surface area contributed by atoms with Crippen LogP contribution in [-0.2, 0) is 20.6 Å². The maximum absolute atomic E-state index is 12.6. The molecule has 4 rings (SSSR count). The van der Waals surface area contributed by atoms with Crippen molar-refractivity contribution < 1.29 is 23.2 Å². The largest absolute Gasteiger partial charge is 0.771 e. The van der Waals surface area contributed by atoms with E-state index in [0.29, 0.717) is 25.9 Å². The van der Waals surface area contributed by atoms with Gasteiger partial charge < -0.3 is 14.2 Å². The molecule has 3 fully saturated rings. The van der Waals surface area contributed by atoms with Crippen molar-refractivity contribution in [2.24, 2.45) is 5.41 Å². The van der Waals surface area contributed by atoms with E-state index < -0.39 is 16.5 Å². The van der Waals surface area contributed by atoms with Crippen LogP contribution in [0.25, 0.3) is 0 Å². The number of carbonyl (C=O) groups excluding carboxylic acids is 1. The van der Waals surface area contributed by atoms with Gasteiger partial charge in [-0.25, -0.2) is 0 Å². The fraction of sp³-hybridized carbons (Fsp3) is 0.667. The molecule has 3 saturated heterocycles. The van der Waals surface area contributed by atoms with Gasteiger partial charge in [0.05, 0.1) is 16.2 Å². The van der Waals surface area contributed by atoms with Crippen molar-refractivity contribution in [3.63, 3.8) is 0 Å². The molecule has 0 aromatic heterocycles. The predicted molar refractivity (Wildman–Crippen MR) is 118 cm³/mol. The summed E-state index contributed by atoms with van der Waals surface area (Å²) >= 11 is -2.09. The van der Waals surface area contributed by atoms with Crippen LogP contribution >= 0.6 is 0 Å². The predicted octanol–water partition coefficient (Wildman–Crippen LogP) is 1.34. The molecule has 1 spiro atoms. The molecule has 176 valence electrons. The number of cyclic esters (lactones) is 1. The van der Waals surface area contributed by atoms with Crippen molar-refractivity contribution in [2.75, 3.05) is 56.6 Å². The second kappa shape index (κ2) is 9.82. The highest BCUT2D eigenvalue weighted by Crippen LogP contribution is 2.43.